The van der Waals surface area contributed by atoms with Crippen molar-refractivity contribution in [3.63, 3.8) is 0 Å². The summed E-state index contributed by atoms with van der Waals surface area (Å²) in [4.78, 5) is 10.2. The first-order chi connectivity index (χ1) is 4.24. The van der Waals surface area contributed by atoms with Gasteiger partial charge < -0.3 is 10.4 Å². The average Bonchev–Trinajstić information content (AvgIpc) is 1.61. The Morgan fingerprint density at radius 3 is 2.56 bits per heavy atom. The standard InChI is InChI=1S/C6H11NO2/c1-7-5-2-4(3-5)6(8)9/h4-5,7H,2-3H2,1H3,(H,8,9). The molecule has 1 fully saturated rings. The van der Waals surface area contributed by atoms with Gasteiger partial charge in [-0.2, -0.15) is 0 Å². The number of hydrogen-bond acceptors (Lipinski definition) is 2. The quantitative estimate of drug-likeness (QED) is 0.554. The van der Waals surface area contributed by atoms with Crippen molar-refractivity contribution in [2.75, 3.05) is 7.05 Å². The van der Waals surface area contributed by atoms with Crippen LogP contribution in [0.4, 0.5) is 0 Å². The minimum atomic E-state index is -0.651. The Bertz CT molecular complexity index is 118. The van der Waals surface area contributed by atoms with Crippen molar-refractivity contribution in [3.8, 4) is 0 Å². The largest absolute Gasteiger partial charge is 0.481 e. The van der Waals surface area contributed by atoms with E-state index in [0.717, 1.165) is 12.8 Å². The van der Waals surface area contributed by atoms with E-state index in [2.05, 4.69) is 5.32 Å². The van der Waals surface area contributed by atoms with Gasteiger partial charge in [-0.1, -0.05) is 0 Å². The first-order valence-corrected chi connectivity index (χ1v) is 3.14. The minimum Gasteiger partial charge on any atom is -0.481 e. The zero-order valence-corrected chi connectivity index (χ0v) is 5.42. The maximum Gasteiger partial charge on any atom is 0.306 e. The summed E-state index contributed by atoms with van der Waals surface area (Å²) in [5, 5.41) is 11.4. The SMILES string of the molecule is CNC1CC(C(=O)O)C1. The van der Waals surface area contributed by atoms with E-state index in [9.17, 15) is 4.79 Å². The van der Waals surface area contributed by atoms with Crippen molar-refractivity contribution >= 4 is 5.97 Å². The van der Waals surface area contributed by atoms with Gasteiger partial charge in [-0.15, -0.1) is 0 Å². The van der Waals surface area contributed by atoms with Gasteiger partial charge in [-0.3, -0.25) is 4.79 Å². The van der Waals surface area contributed by atoms with Crippen molar-refractivity contribution in [2.24, 2.45) is 5.92 Å². The van der Waals surface area contributed by atoms with Crippen LogP contribution in [0, 0.1) is 5.92 Å². The van der Waals surface area contributed by atoms with Crippen LogP contribution in [-0.2, 0) is 4.79 Å². The summed E-state index contributed by atoms with van der Waals surface area (Å²) in [5.74, 6) is -0.732. The number of hydrogen-bond donors (Lipinski definition) is 2. The van der Waals surface area contributed by atoms with E-state index in [0.29, 0.717) is 6.04 Å². The summed E-state index contributed by atoms with van der Waals surface area (Å²) in [6.45, 7) is 0. The lowest BCUT2D eigenvalue weighted by Gasteiger charge is -2.31. The van der Waals surface area contributed by atoms with E-state index in [4.69, 9.17) is 5.11 Å². The van der Waals surface area contributed by atoms with Crippen molar-refractivity contribution in [2.45, 2.75) is 18.9 Å². The Labute approximate surface area is 54.1 Å². The molecule has 3 heteroatoms. The van der Waals surface area contributed by atoms with Crippen LogP contribution >= 0.6 is 0 Å². The molecule has 52 valence electrons. The molecule has 0 atom stereocenters. The summed E-state index contributed by atoms with van der Waals surface area (Å²) in [5.41, 5.74) is 0. The van der Waals surface area contributed by atoms with Crippen LogP contribution in [-0.4, -0.2) is 24.2 Å². The molecule has 9 heavy (non-hydrogen) atoms. The highest BCUT2D eigenvalue weighted by atomic mass is 16.4. The van der Waals surface area contributed by atoms with Crippen LogP contribution in [0.25, 0.3) is 0 Å². The number of carbonyl (C=O) groups is 1. The molecule has 0 heterocycles. The second-order valence-electron chi connectivity index (χ2n) is 2.49. The van der Waals surface area contributed by atoms with E-state index < -0.39 is 5.97 Å². The van der Waals surface area contributed by atoms with E-state index in [-0.39, 0.29) is 5.92 Å². The lowest BCUT2D eigenvalue weighted by Crippen LogP contribution is -2.42. The van der Waals surface area contributed by atoms with Crippen LogP contribution < -0.4 is 5.32 Å². The fourth-order valence-corrected chi connectivity index (χ4v) is 1.06. The lowest BCUT2D eigenvalue weighted by molar-refractivity contribution is -0.145. The maximum absolute atomic E-state index is 10.2. The normalized spacial score (nSPS) is 33.4. The van der Waals surface area contributed by atoms with Crippen LogP contribution in [0.2, 0.25) is 0 Å². The maximum atomic E-state index is 10.2. The topological polar surface area (TPSA) is 49.3 Å². The number of aliphatic carboxylic acids is 1. The lowest BCUT2D eigenvalue weighted by atomic mass is 9.80. The molecule has 1 aliphatic carbocycles. The molecule has 0 unspecified atom stereocenters. The van der Waals surface area contributed by atoms with Gasteiger partial charge in [-0.05, 0) is 19.9 Å². The molecule has 0 spiro atoms. The Hall–Kier alpha value is -0.570. The molecule has 0 amide bonds. The second-order valence-corrected chi connectivity index (χ2v) is 2.49. The van der Waals surface area contributed by atoms with Gasteiger partial charge in [0.05, 0.1) is 5.92 Å². The van der Waals surface area contributed by atoms with E-state index in [1.54, 1.807) is 0 Å². The molecule has 3 nitrogen and oxygen atoms in total. The molecule has 2 N–H and O–H groups in total. The van der Waals surface area contributed by atoms with Crippen LogP contribution in [0.3, 0.4) is 0 Å². The van der Waals surface area contributed by atoms with Gasteiger partial charge >= 0.3 is 5.97 Å². The van der Waals surface area contributed by atoms with E-state index >= 15 is 0 Å². The highest BCUT2D eigenvalue weighted by Gasteiger charge is 2.32. The highest BCUT2D eigenvalue weighted by molar-refractivity contribution is 5.71. The molecule has 1 aliphatic rings. The fraction of sp³-hybridized carbons (Fsp3) is 0.833. The summed E-state index contributed by atoms with van der Waals surface area (Å²) in [6.07, 6.45) is 1.59. The second kappa shape index (κ2) is 2.35. The fourth-order valence-electron chi connectivity index (χ4n) is 1.06. The zero-order valence-electron chi connectivity index (χ0n) is 5.42. The number of nitrogens with one attached hydrogen (secondary N) is 1. The number of carboxylic acid groups (broad SMARTS) is 1. The van der Waals surface area contributed by atoms with Gasteiger partial charge in [0.25, 0.3) is 0 Å². The molecule has 0 aromatic rings. The van der Waals surface area contributed by atoms with Crippen molar-refractivity contribution in [3.05, 3.63) is 0 Å². The van der Waals surface area contributed by atoms with Crippen molar-refractivity contribution in [1.29, 1.82) is 0 Å². The van der Waals surface area contributed by atoms with Crippen LogP contribution in [0.15, 0.2) is 0 Å². The molecule has 1 rings (SSSR count). The number of rotatable bonds is 2. The van der Waals surface area contributed by atoms with Crippen molar-refractivity contribution < 1.29 is 9.90 Å². The van der Waals surface area contributed by atoms with Crippen LogP contribution in [0.1, 0.15) is 12.8 Å². The smallest absolute Gasteiger partial charge is 0.306 e. The molecule has 1 saturated carbocycles. The highest BCUT2D eigenvalue weighted by Crippen LogP contribution is 2.26. The zero-order chi connectivity index (χ0) is 6.85. The van der Waals surface area contributed by atoms with Gasteiger partial charge in [0.1, 0.15) is 0 Å². The summed E-state index contributed by atoms with van der Waals surface area (Å²) in [7, 11) is 1.86. The molecule has 0 aliphatic heterocycles. The molecular weight excluding hydrogens is 118 g/mol. The first kappa shape index (κ1) is 6.55. The Morgan fingerprint density at radius 2 is 2.22 bits per heavy atom. The predicted molar refractivity (Wildman–Crippen MR) is 33.2 cm³/mol. The monoisotopic (exact) mass is 129 g/mol. The van der Waals surface area contributed by atoms with Crippen molar-refractivity contribution in [1.82, 2.24) is 5.32 Å². The molecule has 0 saturated heterocycles. The van der Waals surface area contributed by atoms with Gasteiger partial charge in [0, 0.05) is 6.04 Å². The average molecular weight is 129 g/mol. The summed E-state index contributed by atoms with van der Waals surface area (Å²) in [6, 6.07) is 0.450. The molecular formula is C6H11NO2. The first-order valence-electron chi connectivity index (χ1n) is 3.14. The van der Waals surface area contributed by atoms with E-state index in [1.807, 2.05) is 7.05 Å². The molecule has 0 aromatic carbocycles. The summed E-state index contributed by atoms with van der Waals surface area (Å²) < 4.78 is 0. The van der Waals surface area contributed by atoms with Gasteiger partial charge in [-0.25, -0.2) is 0 Å². The third-order valence-corrected chi connectivity index (χ3v) is 1.90. The number of carboxylic acids is 1. The summed E-state index contributed by atoms with van der Waals surface area (Å²) >= 11 is 0. The van der Waals surface area contributed by atoms with Crippen LogP contribution in [0.5, 0.6) is 0 Å². The third-order valence-electron chi connectivity index (χ3n) is 1.90. The van der Waals surface area contributed by atoms with E-state index in [1.165, 1.54) is 0 Å². The third kappa shape index (κ3) is 1.21. The van der Waals surface area contributed by atoms with Gasteiger partial charge in [0.2, 0.25) is 0 Å². The molecule has 0 aromatic heterocycles. The molecule has 0 radical (unpaired) electrons. The Kier molecular flexibility index (Phi) is 1.71. The molecule has 0 bridgehead atoms. The Morgan fingerprint density at radius 1 is 1.67 bits per heavy atom. The Balaban J connectivity index is 2.19. The van der Waals surface area contributed by atoms with Gasteiger partial charge in [0.15, 0.2) is 0 Å². The minimum absolute atomic E-state index is 0.0811. The predicted octanol–water partition coefficient (Wildman–Crippen LogP) is 0.0690.